The van der Waals surface area contributed by atoms with Crippen molar-refractivity contribution < 1.29 is 18.0 Å². The standard InChI is InChI=1S/C10H14FN3O3S/c11-8-4-1-2-5-9(8)18(16,17)13-7-3-6-10(12)14-15/h1-2,4-5,13,15H,3,6-7H2,(H2,12,14). The molecule has 0 aromatic heterocycles. The molecule has 0 saturated heterocycles. The summed E-state index contributed by atoms with van der Waals surface area (Å²) in [7, 11) is -3.86. The predicted octanol–water partition coefficient (Wildman–Crippen LogP) is 0.631. The summed E-state index contributed by atoms with van der Waals surface area (Å²) in [4.78, 5) is -0.395. The minimum atomic E-state index is -3.86. The van der Waals surface area contributed by atoms with Crippen LogP contribution >= 0.6 is 0 Å². The highest BCUT2D eigenvalue weighted by molar-refractivity contribution is 7.89. The van der Waals surface area contributed by atoms with Gasteiger partial charge in [0.15, 0.2) is 0 Å². The molecule has 0 saturated carbocycles. The first-order chi connectivity index (χ1) is 8.47. The smallest absolute Gasteiger partial charge is 0.243 e. The zero-order valence-electron chi connectivity index (χ0n) is 9.51. The molecule has 0 spiro atoms. The number of amidine groups is 1. The van der Waals surface area contributed by atoms with Crippen molar-refractivity contribution in [1.82, 2.24) is 4.72 Å². The van der Waals surface area contributed by atoms with E-state index >= 15 is 0 Å². The lowest BCUT2D eigenvalue weighted by atomic mass is 10.3. The third kappa shape index (κ3) is 3.97. The van der Waals surface area contributed by atoms with Gasteiger partial charge in [-0.2, -0.15) is 0 Å². The van der Waals surface area contributed by atoms with Crippen molar-refractivity contribution in [1.29, 1.82) is 0 Å². The van der Waals surface area contributed by atoms with E-state index in [0.29, 0.717) is 6.42 Å². The van der Waals surface area contributed by atoms with Crippen LogP contribution in [-0.4, -0.2) is 26.0 Å². The molecule has 0 atom stereocenters. The molecule has 0 bridgehead atoms. The van der Waals surface area contributed by atoms with Gasteiger partial charge in [-0.05, 0) is 18.6 Å². The average molecular weight is 275 g/mol. The predicted molar refractivity (Wildman–Crippen MR) is 64.2 cm³/mol. The third-order valence-electron chi connectivity index (χ3n) is 2.16. The number of nitrogens with one attached hydrogen (secondary N) is 1. The van der Waals surface area contributed by atoms with Crippen LogP contribution in [0.25, 0.3) is 0 Å². The van der Waals surface area contributed by atoms with Crippen molar-refractivity contribution in [2.75, 3.05) is 6.54 Å². The zero-order valence-corrected chi connectivity index (χ0v) is 10.3. The van der Waals surface area contributed by atoms with Crippen LogP contribution in [-0.2, 0) is 10.0 Å². The van der Waals surface area contributed by atoms with E-state index in [0.717, 1.165) is 6.07 Å². The Morgan fingerprint density at radius 2 is 2.11 bits per heavy atom. The van der Waals surface area contributed by atoms with Crippen molar-refractivity contribution in [3.05, 3.63) is 30.1 Å². The van der Waals surface area contributed by atoms with E-state index in [4.69, 9.17) is 10.9 Å². The van der Waals surface area contributed by atoms with Crippen LogP contribution in [0, 0.1) is 5.82 Å². The van der Waals surface area contributed by atoms with Crippen LogP contribution < -0.4 is 10.5 Å². The summed E-state index contributed by atoms with van der Waals surface area (Å²) in [5, 5.41) is 11.0. The Bertz CT molecular complexity index is 531. The van der Waals surface area contributed by atoms with Gasteiger partial charge in [0.2, 0.25) is 10.0 Å². The summed E-state index contributed by atoms with van der Waals surface area (Å²) in [6.45, 7) is 0.0763. The van der Waals surface area contributed by atoms with Crippen molar-refractivity contribution in [3.63, 3.8) is 0 Å². The largest absolute Gasteiger partial charge is 0.409 e. The third-order valence-corrected chi connectivity index (χ3v) is 3.65. The topological polar surface area (TPSA) is 105 Å². The molecule has 0 aliphatic rings. The van der Waals surface area contributed by atoms with E-state index < -0.39 is 20.7 Å². The number of benzene rings is 1. The van der Waals surface area contributed by atoms with Gasteiger partial charge in [0.25, 0.3) is 0 Å². The highest BCUT2D eigenvalue weighted by atomic mass is 32.2. The highest BCUT2D eigenvalue weighted by Gasteiger charge is 2.17. The first kappa shape index (κ1) is 14.4. The van der Waals surface area contributed by atoms with E-state index in [1.807, 2.05) is 0 Å². The Kier molecular flexibility index (Phi) is 5.05. The first-order valence-electron chi connectivity index (χ1n) is 5.18. The number of oxime groups is 1. The molecular formula is C10H14FN3O3S. The Labute approximate surface area is 104 Å². The Balaban J connectivity index is 2.59. The molecule has 0 unspecified atom stereocenters. The van der Waals surface area contributed by atoms with Gasteiger partial charge in [-0.3, -0.25) is 0 Å². The lowest BCUT2D eigenvalue weighted by molar-refractivity contribution is 0.316. The van der Waals surface area contributed by atoms with Gasteiger partial charge in [0, 0.05) is 13.0 Å². The van der Waals surface area contributed by atoms with E-state index in [2.05, 4.69) is 9.88 Å². The second-order valence-corrected chi connectivity index (χ2v) is 5.26. The second-order valence-electron chi connectivity index (χ2n) is 3.52. The maximum atomic E-state index is 13.3. The van der Waals surface area contributed by atoms with Crippen molar-refractivity contribution in [2.24, 2.45) is 10.9 Å². The number of rotatable bonds is 6. The maximum Gasteiger partial charge on any atom is 0.243 e. The summed E-state index contributed by atoms with van der Waals surface area (Å²) in [6, 6.07) is 5.10. The molecule has 0 heterocycles. The molecule has 18 heavy (non-hydrogen) atoms. The number of sulfonamides is 1. The summed E-state index contributed by atoms with van der Waals surface area (Å²) in [5.41, 5.74) is 5.22. The summed E-state index contributed by atoms with van der Waals surface area (Å²) in [5.74, 6) is -0.790. The zero-order chi connectivity index (χ0) is 13.6. The van der Waals surface area contributed by atoms with Crippen LogP contribution in [0.15, 0.2) is 34.3 Å². The van der Waals surface area contributed by atoms with Gasteiger partial charge in [-0.1, -0.05) is 17.3 Å². The quantitative estimate of drug-likeness (QED) is 0.233. The molecule has 0 aliphatic carbocycles. The van der Waals surface area contributed by atoms with Crippen LogP contribution in [0.3, 0.4) is 0 Å². The van der Waals surface area contributed by atoms with Crippen molar-refractivity contribution >= 4 is 15.9 Å². The second kappa shape index (κ2) is 6.31. The van der Waals surface area contributed by atoms with Gasteiger partial charge < -0.3 is 10.9 Å². The molecule has 0 aliphatic heterocycles. The van der Waals surface area contributed by atoms with Crippen LogP contribution in [0.5, 0.6) is 0 Å². The minimum Gasteiger partial charge on any atom is -0.409 e. The number of nitrogens with zero attached hydrogens (tertiary/aromatic N) is 1. The summed E-state index contributed by atoms with van der Waals surface area (Å²) < 4.78 is 38.9. The van der Waals surface area contributed by atoms with Crippen LogP contribution in [0.1, 0.15) is 12.8 Å². The first-order valence-corrected chi connectivity index (χ1v) is 6.66. The fraction of sp³-hybridized carbons (Fsp3) is 0.300. The van der Waals surface area contributed by atoms with Crippen LogP contribution in [0.4, 0.5) is 4.39 Å². The van der Waals surface area contributed by atoms with Gasteiger partial charge >= 0.3 is 0 Å². The van der Waals surface area contributed by atoms with E-state index in [1.165, 1.54) is 18.2 Å². The molecule has 8 heteroatoms. The minimum absolute atomic E-state index is 0.0140. The van der Waals surface area contributed by atoms with Crippen molar-refractivity contribution in [2.45, 2.75) is 17.7 Å². The molecule has 100 valence electrons. The fourth-order valence-electron chi connectivity index (χ4n) is 1.27. The van der Waals surface area contributed by atoms with Gasteiger partial charge in [-0.25, -0.2) is 17.5 Å². The molecule has 6 nitrogen and oxygen atoms in total. The molecule has 0 radical (unpaired) electrons. The monoisotopic (exact) mass is 275 g/mol. The fourth-order valence-corrected chi connectivity index (χ4v) is 2.42. The molecule has 1 rings (SSSR count). The average Bonchev–Trinajstić information content (AvgIpc) is 2.34. The lowest BCUT2D eigenvalue weighted by Crippen LogP contribution is -2.26. The Morgan fingerprint density at radius 3 is 2.72 bits per heavy atom. The van der Waals surface area contributed by atoms with E-state index in [9.17, 15) is 12.8 Å². The van der Waals surface area contributed by atoms with Crippen LogP contribution in [0.2, 0.25) is 0 Å². The number of nitrogens with two attached hydrogens (primary N) is 1. The molecule has 0 amide bonds. The lowest BCUT2D eigenvalue weighted by Gasteiger charge is -2.07. The maximum absolute atomic E-state index is 13.3. The van der Waals surface area contributed by atoms with E-state index in [1.54, 1.807) is 0 Å². The number of hydrogen-bond donors (Lipinski definition) is 3. The molecular weight excluding hydrogens is 261 g/mol. The van der Waals surface area contributed by atoms with Gasteiger partial charge in [0.05, 0.1) is 0 Å². The summed E-state index contributed by atoms with van der Waals surface area (Å²) >= 11 is 0. The van der Waals surface area contributed by atoms with E-state index in [-0.39, 0.29) is 18.8 Å². The Morgan fingerprint density at radius 1 is 1.44 bits per heavy atom. The number of halogens is 1. The highest BCUT2D eigenvalue weighted by Crippen LogP contribution is 2.12. The summed E-state index contributed by atoms with van der Waals surface area (Å²) in [6.07, 6.45) is 0.597. The Hall–Kier alpha value is -1.67. The molecule has 1 aromatic carbocycles. The number of hydrogen-bond acceptors (Lipinski definition) is 4. The molecule has 4 N–H and O–H groups in total. The molecule has 1 aromatic rings. The SMILES string of the molecule is NC(CCCNS(=O)(=O)c1ccccc1F)=NO. The van der Waals surface area contributed by atoms with Crippen molar-refractivity contribution in [3.8, 4) is 0 Å². The van der Waals surface area contributed by atoms with Gasteiger partial charge in [0.1, 0.15) is 16.5 Å². The van der Waals surface area contributed by atoms with Gasteiger partial charge in [-0.15, -0.1) is 0 Å². The molecule has 0 fully saturated rings. The normalized spacial score (nSPS) is 12.6.